The number of carbonyl (C=O) groups is 1. The summed E-state index contributed by atoms with van der Waals surface area (Å²) in [6, 6.07) is 0. The van der Waals surface area contributed by atoms with Crippen LogP contribution in [0.2, 0.25) is 0 Å². The van der Waals surface area contributed by atoms with Gasteiger partial charge >= 0.3 is 0 Å². The summed E-state index contributed by atoms with van der Waals surface area (Å²) in [6.07, 6.45) is 8.15. The lowest BCUT2D eigenvalue weighted by atomic mass is 9.63. The molecule has 1 aliphatic heterocycles. The summed E-state index contributed by atoms with van der Waals surface area (Å²) in [4.78, 5) is 14.4. The zero-order valence-electron chi connectivity index (χ0n) is 11.9. The molecule has 3 heteroatoms. The molecule has 1 saturated carbocycles. The van der Waals surface area contributed by atoms with Gasteiger partial charge in [-0.2, -0.15) is 0 Å². The Balaban J connectivity index is 1.81. The Kier molecular flexibility index (Phi) is 4.66. The molecule has 1 spiro atoms. The maximum absolute atomic E-state index is 12.4. The molecule has 1 unspecified atom stereocenters. The predicted octanol–water partition coefficient (Wildman–Crippen LogP) is 2.98. The second kappa shape index (κ2) is 6.05. The number of likely N-dealkylation sites (tertiary alicyclic amines) is 1. The smallest absolute Gasteiger partial charge is 0.251 e. The average Bonchev–Trinajstić information content (AvgIpc) is 2.37. The number of amides is 1. The largest absolute Gasteiger partial charge is 0.368 e. The molecule has 18 heavy (non-hydrogen) atoms. The lowest BCUT2D eigenvalue weighted by molar-refractivity contribution is -0.147. The Labute approximate surface area is 111 Å². The highest BCUT2D eigenvalue weighted by Gasteiger charge is 2.41. The van der Waals surface area contributed by atoms with E-state index < -0.39 is 0 Å². The normalized spacial score (nSPS) is 23.8. The second-order valence-corrected chi connectivity index (χ2v) is 5.95. The number of rotatable bonds is 5. The molecule has 0 aromatic heterocycles. The van der Waals surface area contributed by atoms with E-state index in [2.05, 4.69) is 6.92 Å². The van der Waals surface area contributed by atoms with Gasteiger partial charge in [0.2, 0.25) is 0 Å². The van der Waals surface area contributed by atoms with Gasteiger partial charge in [-0.25, -0.2) is 0 Å². The molecule has 0 N–H and O–H groups in total. The Morgan fingerprint density at radius 3 is 2.33 bits per heavy atom. The highest BCUT2D eigenvalue weighted by Crippen LogP contribution is 2.48. The lowest BCUT2D eigenvalue weighted by Gasteiger charge is -2.48. The molecule has 2 aliphatic rings. The third-order valence-corrected chi connectivity index (χ3v) is 4.72. The number of carbonyl (C=O) groups excluding carboxylic acids is 1. The number of hydrogen-bond acceptors (Lipinski definition) is 2. The lowest BCUT2D eigenvalue weighted by Crippen LogP contribution is -2.49. The fourth-order valence-electron chi connectivity index (χ4n) is 3.21. The van der Waals surface area contributed by atoms with Crippen LogP contribution in [0.3, 0.4) is 0 Å². The maximum Gasteiger partial charge on any atom is 0.251 e. The summed E-state index contributed by atoms with van der Waals surface area (Å²) in [6.45, 7) is 6.71. The first-order valence-corrected chi connectivity index (χ1v) is 7.61. The molecular weight excluding hydrogens is 226 g/mol. The number of ether oxygens (including phenoxy) is 1. The highest BCUT2D eigenvalue weighted by atomic mass is 16.5. The van der Waals surface area contributed by atoms with Gasteiger partial charge in [0.25, 0.3) is 5.91 Å². The summed E-state index contributed by atoms with van der Waals surface area (Å²) in [5.74, 6) is 0.222. The monoisotopic (exact) mass is 253 g/mol. The van der Waals surface area contributed by atoms with E-state index in [-0.39, 0.29) is 12.0 Å². The SMILES string of the molecule is CCCOC(CC)C(=O)N1CCC2(CCC2)CC1. The van der Waals surface area contributed by atoms with Gasteiger partial charge < -0.3 is 9.64 Å². The maximum atomic E-state index is 12.4. The van der Waals surface area contributed by atoms with Crippen LogP contribution in [0, 0.1) is 5.41 Å². The Bertz CT molecular complexity index is 276. The predicted molar refractivity (Wildman–Crippen MR) is 72.4 cm³/mol. The molecule has 1 saturated heterocycles. The molecule has 3 nitrogen and oxygen atoms in total. The van der Waals surface area contributed by atoms with Crippen LogP contribution in [0.15, 0.2) is 0 Å². The molecule has 2 rings (SSSR count). The Morgan fingerprint density at radius 2 is 1.89 bits per heavy atom. The zero-order valence-corrected chi connectivity index (χ0v) is 11.9. The van der Waals surface area contributed by atoms with Gasteiger partial charge in [0.05, 0.1) is 0 Å². The summed E-state index contributed by atoms with van der Waals surface area (Å²) in [5.41, 5.74) is 0.614. The van der Waals surface area contributed by atoms with Crippen molar-refractivity contribution in [3.8, 4) is 0 Å². The van der Waals surface area contributed by atoms with E-state index in [0.29, 0.717) is 12.0 Å². The minimum absolute atomic E-state index is 0.208. The van der Waals surface area contributed by atoms with Crippen molar-refractivity contribution >= 4 is 5.91 Å². The van der Waals surface area contributed by atoms with Gasteiger partial charge in [0.15, 0.2) is 0 Å². The third kappa shape index (κ3) is 2.87. The first kappa shape index (κ1) is 13.9. The van der Waals surface area contributed by atoms with Crippen LogP contribution < -0.4 is 0 Å². The molecule has 0 radical (unpaired) electrons. The van der Waals surface area contributed by atoms with Gasteiger partial charge in [-0.05, 0) is 43.9 Å². The van der Waals surface area contributed by atoms with Crippen molar-refractivity contribution in [2.45, 2.75) is 64.9 Å². The van der Waals surface area contributed by atoms with Crippen molar-refractivity contribution in [3.63, 3.8) is 0 Å². The van der Waals surface area contributed by atoms with E-state index in [0.717, 1.165) is 25.9 Å². The first-order valence-electron chi connectivity index (χ1n) is 7.61. The second-order valence-electron chi connectivity index (χ2n) is 5.95. The van der Waals surface area contributed by atoms with E-state index in [1.54, 1.807) is 0 Å². The van der Waals surface area contributed by atoms with Crippen molar-refractivity contribution in [1.29, 1.82) is 0 Å². The fourth-order valence-corrected chi connectivity index (χ4v) is 3.21. The van der Waals surface area contributed by atoms with Crippen LogP contribution in [0.5, 0.6) is 0 Å². The van der Waals surface area contributed by atoms with E-state index in [1.807, 2.05) is 11.8 Å². The molecule has 1 amide bonds. The Hall–Kier alpha value is -0.570. The van der Waals surface area contributed by atoms with Crippen molar-refractivity contribution in [3.05, 3.63) is 0 Å². The molecule has 0 aromatic rings. The molecular formula is C15H27NO2. The molecule has 1 atom stereocenters. The average molecular weight is 253 g/mol. The van der Waals surface area contributed by atoms with Gasteiger partial charge in [-0.15, -0.1) is 0 Å². The van der Waals surface area contributed by atoms with E-state index in [1.165, 1.54) is 32.1 Å². The van der Waals surface area contributed by atoms with Crippen LogP contribution in [-0.2, 0) is 9.53 Å². The number of nitrogens with zero attached hydrogens (tertiary/aromatic N) is 1. The van der Waals surface area contributed by atoms with Crippen LogP contribution in [0.4, 0.5) is 0 Å². The van der Waals surface area contributed by atoms with Gasteiger partial charge in [0, 0.05) is 19.7 Å². The summed E-state index contributed by atoms with van der Waals surface area (Å²) < 4.78 is 5.66. The summed E-state index contributed by atoms with van der Waals surface area (Å²) >= 11 is 0. The number of hydrogen-bond donors (Lipinski definition) is 0. The Morgan fingerprint density at radius 1 is 1.22 bits per heavy atom. The molecule has 1 aliphatic carbocycles. The number of piperidine rings is 1. The van der Waals surface area contributed by atoms with Crippen molar-refractivity contribution in [1.82, 2.24) is 4.90 Å². The van der Waals surface area contributed by atoms with Crippen molar-refractivity contribution in [2.24, 2.45) is 5.41 Å². The topological polar surface area (TPSA) is 29.5 Å². The molecule has 104 valence electrons. The third-order valence-electron chi connectivity index (χ3n) is 4.72. The van der Waals surface area contributed by atoms with Gasteiger partial charge in [-0.1, -0.05) is 20.3 Å². The summed E-state index contributed by atoms with van der Waals surface area (Å²) in [5, 5.41) is 0. The van der Waals surface area contributed by atoms with Crippen molar-refractivity contribution < 1.29 is 9.53 Å². The standard InChI is InChI=1S/C15H27NO2/c1-3-12-18-13(4-2)14(17)16-10-8-15(9-11-16)6-5-7-15/h13H,3-12H2,1-2H3. The van der Waals surface area contributed by atoms with Crippen LogP contribution in [-0.4, -0.2) is 36.6 Å². The van der Waals surface area contributed by atoms with E-state index >= 15 is 0 Å². The fraction of sp³-hybridized carbons (Fsp3) is 0.933. The van der Waals surface area contributed by atoms with Gasteiger partial charge in [0.1, 0.15) is 6.10 Å². The molecule has 0 aromatic carbocycles. The molecule has 2 fully saturated rings. The summed E-state index contributed by atoms with van der Waals surface area (Å²) in [7, 11) is 0. The van der Waals surface area contributed by atoms with Crippen LogP contribution >= 0.6 is 0 Å². The zero-order chi connectivity index (χ0) is 13.0. The van der Waals surface area contributed by atoms with E-state index in [9.17, 15) is 4.79 Å². The van der Waals surface area contributed by atoms with Crippen LogP contribution in [0.25, 0.3) is 0 Å². The molecule has 0 bridgehead atoms. The minimum Gasteiger partial charge on any atom is -0.368 e. The van der Waals surface area contributed by atoms with Crippen molar-refractivity contribution in [2.75, 3.05) is 19.7 Å². The highest BCUT2D eigenvalue weighted by molar-refractivity contribution is 5.81. The van der Waals surface area contributed by atoms with Gasteiger partial charge in [-0.3, -0.25) is 4.79 Å². The van der Waals surface area contributed by atoms with E-state index in [4.69, 9.17) is 4.74 Å². The quantitative estimate of drug-likeness (QED) is 0.754. The molecule has 1 heterocycles. The first-order chi connectivity index (χ1) is 8.71. The minimum atomic E-state index is -0.208. The van der Waals surface area contributed by atoms with Crippen LogP contribution in [0.1, 0.15) is 58.8 Å².